The predicted molar refractivity (Wildman–Crippen MR) is 129 cm³/mol. The van der Waals surface area contributed by atoms with Crippen molar-refractivity contribution in [2.45, 2.75) is 37.6 Å². The van der Waals surface area contributed by atoms with E-state index in [4.69, 9.17) is 33.2 Å². The molecule has 196 valence electrons. The van der Waals surface area contributed by atoms with Gasteiger partial charge >= 0.3 is 18.1 Å². The summed E-state index contributed by atoms with van der Waals surface area (Å²) >= 11 is 0. The maximum absolute atomic E-state index is 12.5. The molecule has 0 saturated carbocycles. The number of hydrogen-bond acceptors (Lipinski definition) is 10. The van der Waals surface area contributed by atoms with Crippen molar-refractivity contribution in [1.29, 1.82) is 0 Å². The maximum Gasteiger partial charge on any atom is 0.513 e. The Morgan fingerprint density at radius 3 is 2.24 bits per heavy atom. The van der Waals surface area contributed by atoms with Crippen LogP contribution in [-0.4, -0.2) is 62.8 Å². The summed E-state index contributed by atoms with van der Waals surface area (Å²) in [5.74, 6) is 0.391. The molecule has 0 N–H and O–H groups in total. The van der Waals surface area contributed by atoms with E-state index in [2.05, 4.69) is 6.58 Å². The summed E-state index contributed by atoms with van der Waals surface area (Å²) in [6, 6.07) is 13.0. The first-order valence-corrected chi connectivity index (χ1v) is 12.0. The van der Waals surface area contributed by atoms with Crippen LogP contribution < -0.4 is 9.47 Å². The zero-order chi connectivity index (χ0) is 26.0. The first-order chi connectivity index (χ1) is 18.0. The van der Waals surface area contributed by atoms with Crippen LogP contribution in [0.25, 0.3) is 0 Å². The Labute approximate surface area is 214 Å². The quantitative estimate of drug-likeness (QED) is 0.142. The molecule has 2 fully saturated rings. The molecule has 2 aliphatic rings. The summed E-state index contributed by atoms with van der Waals surface area (Å²) in [5, 5.41) is 0. The highest BCUT2D eigenvalue weighted by Gasteiger charge is 2.44. The number of hydrogen-bond donors (Lipinski definition) is 0. The van der Waals surface area contributed by atoms with Crippen LogP contribution in [0.4, 0.5) is 4.79 Å². The van der Waals surface area contributed by atoms with Gasteiger partial charge in [-0.2, -0.15) is 0 Å². The van der Waals surface area contributed by atoms with E-state index >= 15 is 0 Å². The van der Waals surface area contributed by atoms with Gasteiger partial charge in [0, 0.05) is 12.7 Å². The van der Waals surface area contributed by atoms with E-state index in [1.54, 1.807) is 48.5 Å². The topological polar surface area (TPSA) is 116 Å². The van der Waals surface area contributed by atoms with Crippen LogP contribution in [0.5, 0.6) is 17.2 Å². The van der Waals surface area contributed by atoms with Crippen molar-refractivity contribution in [2.75, 3.05) is 26.4 Å². The summed E-state index contributed by atoms with van der Waals surface area (Å²) in [6.07, 6.45) is 1.55. The summed E-state index contributed by atoms with van der Waals surface area (Å²) in [7, 11) is 0. The second-order valence-electron chi connectivity index (χ2n) is 8.32. The van der Waals surface area contributed by atoms with Crippen LogP contribution in [0.3, 0.4) is 0 Å². The summed E-state index contributed by atoms with van der Waals surface area (Å²) in [4.78, 5) is 35.2. The number of carbonyl (C=O) groups is 3. The van der Waals surface area contributed by atoms with Crippen LogP contribution in [0.15, 0.2) is 61.2 Å². The summed E-state index contributed by atoms with van der Waals surface area (Å²) in [6.45, 7) is 4.63. The molecule has 2 aliphatic heterocycles. The van der Waals surface area contributed by atoms with E-state index in [0.717, 1.165) is 12.5 Å². The molecule has 10 nitrogen and oxygen atoms in total. The van der Waals surface area contributed by atoms with Gasteiger partial charge < -0.3 is 33.2 Å². The largest absolute Gasteiger partial charge is 0.513 e. The van der Waals surface area contributed by atoms with E-state index in [-0.39, 0.29) is 25.4 Å². The minimum Gasteiger partial charge on any atom is -0.463 e. The number of benzene rings is 2. The Hall–Kier alpha value is -3.89. The standard InChI is InChI=1S/C27H28O10/c1-2-24(28)31-14-3-4-15-33-27(30)36-21-11-9-20(10-12-21)35-19-7-5-18(6-8-19)26(29)37-23-17-34-22-13-16-32-25(22)23/h2,5-12,22-23,25H,1,3-4,13-17H2. The molecule has 0 radical (unpaired) electrons. The van der Waals surface area contributed by atoms with E-state index in [9.17, 15) is 14.4 Å². The molecular formula is C27H28O10. The van der Waals surface area contributed by atoms with Crippen molar-refractivity contribution in [1.82, 2.24) is 0 Å². The molecule has 2 saturated heterocycles. The Morgan fingerprint density at radius 1 is 0.892 bits per heavy atom. The average Bonchev–Trinajstić information content (AvgIpc) is 3.52. The van der Waals surface area contributed by atoms with Gasteiger partial charge in [0.05, 0.1) is 31.5 Å². The highest BCUT2D eigenvalue weighted by Crippen LogP contribution is 2.29. The minimum atomic E-state index is -0.835. The number of rotatable bonds is 11. The second kappa shape index (κ2) is 12.9. The summed E-state index contributed by atoms with van der Waals surface area (Å²) < 4.78 is 37.5. The first kappa shape index (κ1) is 26.2. The number of ether oxygens (including phenoxy) is 7. The lowest BCUT2D eigenvalue weighted by molar-refractivity contribution is -0.137. The van der Waals surface area contributed by atoms with E-state index in [1.807, 2.05) is 0 Å². The van der Waals surface area contributed by atoms with Gasteiger partial charge in [0.15, 0.2) is 6.10 Å². The lowest BCUT2D eigenvalue weighted by atomic mass is 10.1. The normalized spacial score (nSPS) is 19.9. The Morgan fingerprint density at radius 2 is 1.54 bits per heavy atom. The van der Waals surface area contributed by atoms with Gasteiger partial charge in [-0.05, 0) is 67.8 Å². The zero-order valence-electron chi connectivity index (χ0n) is 20.2. The SMILES string of the molecule is C=CC(=O)OCCCCOC(=O)Oc1ccc(Oc2ccc(C(=O)OC3COC4CCOC43)cc2)cc1. The van der Waals surface area contributed by atoms with Gasteiger partial charge in [0.1, 0.15) is 23.4 Å². The third-order valence-corrected chi connectivity index (χ3v) is 5.70. The van der Waals surface area contributed by atoms with Crippen molar-refractivity contribution < 1.29 is 47.5 Å². The highest BCUT2D eigenvalue weighted by molar-refractivity contribution is 5.89. The molecule has 3 atom stereocenters. The monoisotopic (exact) mass is 512 g/mol. The smallest absolute Gasteiger partial charge is 0.463 e. The molecule has 0 amide bonds. The Kier molecular flexibility index (Phi) is 9.12. The molecule has 4 rings (SSSR count). The van der Waals surface area contributed by atoms with Crippen LogP contribution in [-0.2, 0) is 28.5 Å². The molecule has 3 unspecified atom stereocenters. The first-order valence-electron chi connectivity index (χ1n) is 12.0. The maximum atomic E-state index is 12.5. The van der Waals surface area contributed by atoms with E-state index in [1.165, 1.54) is 0 Å². The molecule has 2 aromatic rings. The van der Waals surface area contributed by atoms with Crippen molar-refractivity contribution in [2.24, 2.45) is 0 Å². The van der Waals surface area contributed by atoms with Gasteiger partial charge in [-0.25, -0.2) is 14.4 Å². The van der Waals surface area contributed by atoms with E-state index in [0.29, 0.717) is 48.9 Å². The van der Waals surface area contributed by atoms with Crippen LogP contribution in [0, 0.1) is 0 Å². The number of esters is 2. The van der Waals surface area contributed by atoms with Gasteiger partial charge in [0.25, 0.3) is 0 Å². The molecule has 0 aliphatic carbocycles. The van der Waals surface area contributed by atoms with Crippen molar-refractivity contribution in [3.63, 3.8) is 0 Å². The fraction of sp³-hybridized carbons (Fsp3) is 0.370. The summed E-state index contributed by atoms with van der Waals surface area (Å²) in [5.41, 5.74) is 0.397. The van der Waals surface area contributed by atoms with Crippen LogP contribution in [0.2, 0.25) is 0 Å². The lowest BCUT2D eigenvalue weighted by Crippen LogP contribution is -2.32. The Balaban J connectivity index is 1.17. The molecule has 2 aromatic carbocycles. The van der Waals surface area contributed by atoms with Crippen molar-refractivity contribution in [3.8, 4) is 17.2 Å². The molecule has 2 heterocycles. The molecule has 10 heteroatoms. The van der Waals surface area contributed by atoms with Crippen molar-refractivity contribution >= 4 is 18.1 Å². The fourth-order valence-corrected chi connectivity index (χ4v) is 3.82. The lowest BCUT2D eigenvalue weighted by Gasteiger charge is -2.16. The van der Waals surface area contributed by atoms with Gasteiger partial charge in [-0.1, -0.05) is 6.58 Å². The third kappa shape index (κ3) is 7.55. The van der Waals surface area contributed by atoms with Gasteiger partial charge in [-0.3, -0.25) is 0 Å². The second-order valence-corrected chi connectivity index (χ2v) is 8.32. The highest BCUT2D eigenvalue weighted by atomic mass is 16.7. The third-order valence-electron chi connectivity index (χ3n) is 5.70. The number of carbonyl (C=O) groups excluding carboxylic acids is 3. The molecular weight excluding hydrogens is 484 g/mol. The molecule has 37 heavy (non-hydrogen) atoms. The Bertz CT molecular complexity index is 1080. The number of fused-ring (bicyclic) bond motifs is 1. The molecule has 0 aromatic heterocycles. The number of unbranched alkanes of at least 4 members (excludes halogenated alkanes) is 1. The van der Waals surface area contributed by atoms with Gasteiger partial charge in [-0.15, -0.1) is 0 Å². The average molecular weight is 513 g/mol. The van der Waals surface area contributed by atoms with Crippen molar-refractivity contribution in [3.05, 3.63) is 66.7 Å². The molecule has 0 bridgehead atoms. The van der Waals surface area contributed by atoms with E-state index < -0.39 is 24.2 Å². The van der Waals surface area contributed by atoms with Gasteiger partial charge in [0.2, 0.25) is 0 Å². The predicted octanol–water partition coefficient (Wildman–Crippen LogP) is 4.22. The molecule has 0 spiro atoms. The minimum absolute atomic E-state index is 0.00280. The van der Waals surface area contributed by atoms with Crippen LogP contribution >= 0.6 is 0 Å². The zero-order valence-corrected chi connectivity index (χ0v) is 20.2. The van der Waals surface area contributed by atoms with Crippen LogP contribution in [0.1, 0.15) is 29.6 Å². The fourth-order valence-electron chi connectivity index (χ4n) is 3.82.